The SMILES string of the molecule is Oc1cccc(-c2nccn2CCc2nc(-c3ccccc3)no2)c1. The van der Waals surface area contributed by atoms with Crippen LogP contribution in [0.5, 0.6) is 5.75 Å². The zero-order valence-electron chi connectivity index (χ0n) is 13.4. The molecule has 2 aromatic carbocycles. The molecule has 0 spiro atoms. The number of imidazole rings is 1. The predicted octanol–water partition coefficient (Wildman–Crippen LogP) is 3.55. The molecule has 1 N–H and O–H groups in total. The molecule has 0 aliphatic rings. The van der Waals surface area contributed by atoms with Crippen LogP contribution in [0.3, 0.4) is 0 Å². The second kappa shape index (κ2) is 6.60. The van der Waals surface area contributed by atoms with Gasteiger partial charge in [-0.25, -0.2) is 4.98 Å². The van der Waals surface area contributed by atoms with E-state index in [0.29, 0.717) is 24.7 Å². The Hall–Kier alpha value is -3.41. The molecule has 6 nitrogen and oxygen atoms in total. The van der Waals surface area contributed by atoms with E-state index in [1.165, 1.54) is 0 Å². The van der Waals surface area contributed by atoms with Crippen LogP contribution in [-0.4, -0.2) is 24.8 Å². The summed E-state index contributed by atoms with van der Waals surface area (Å²) in [7, 11) is 0. The second-order valence-corrected chi connectivity index (χ2v) is 5.62. The minimum absolute atomic E-state index is 0.219. The molecular weight excluding hydrogens is 316 g/mol. The molecule has 25 heavy (non-hydrogen) atoms. The first kappa shape index (κ1) is 15.1. The van der Waals surface area contributed by atoms with Gasteiger partial charge in [0.1, 0.15) is 11.6 Å². The van der Waals surface area contributed by atoms with Gasteiger partial charge in [0.2, 0.25) is 11.7 Å². The number of hydrogen-bond acceptors (Lipinski definition) is 5. The van der Waals surface area contributed by atoms with Crippen LogP contribution in [0.15, 0.2) is 71.5 Å². The molecular formula is C19H16N4O2. The van der Waals surface area contributed by atoms with Gasteiger partial charge in [0, 0.05) is 36.5 Å². The summed E-state index contributed by atoms with van der Waals surface area (Å²) in [4.78, 5) is 8.82. The van der Waals surface area contributed by atoms with Crippen molar-refractivity contribution in [3.05, 3.63) is 72.9 Å². The molecule has 0 saturated heterocycles. The number of aryl methyl sites for hydroxylation is 2. The third-order valence-electron chi connectivity index (χ3n) is 3.89. The van der Waals surface area contributed by atoms with Crippen LogP contribution in [0.1, 0.15) is 5.89 Å². The van der Waals surface area contributed by atoms with E-state index in [1.807, 2.05) is 47.2 Å². The van der Waals surface area contributed by atoms with Crippen LogP contribution >= 0.6 is 0 Å². The van der Waals surface area contributed by atoms with Gasteiger partial charge in [-0.05, 0) is 12.1 Å². The normalized spacial score (nSPS) is 10.9. The van der Waals surface area contributed by atoms with Crippen molar-refractivity contribution in [2.24, 2.45) is 0 Å². The van der Waals surface area contributed by atoms with E-state index in [9.17, 15) is 5.11 Å². The minimum atomic E-state index is 0.219. The Labute approximate surface area is 144 Å². The summed E-state index contributed by atoms with van der Waals surface area (Å²) in [6, 6.07) is 16.8. The quantitative estimate of drug-likeness (QED) is 0.605. The summed E-state index contributed by atoms with van der Waals surface area (Å²) in [5, 5.41) is 13.7. The number of aromatic nitrogens is 4. The van der Waals surface area contributed by atoms with Crippen molar-refractivity contribution < 1.29 is 9.63 Å². The van der Waals surface area contributed by atoms with Gasteiger partial charge in [-0.2, -0.15) is 4.98 Å². The Bertz CT molecular complexity index is 976. The first-order valence-corrected chi connectivity index (χ1v) is 7.98. The van der Waals surface area contributed by atoms with Gasteiger partial charge in [-0.3, -0.25) is 0 Å². The number of benzene rings is 2. The molecule has 0 aliphatic carbocycles. The van der Waals surface area contributed by atoms with Crippen molar-refractivity contribution in [1.29, 1.82) is 0 Å². The highest BCUT2D eigenvalue weighted by Crippen LogP contribution is 2.22. The third-order valence-corrected chi connectivity index (χ3v) is 3.89. The van der Waals surface area contributed by atoms with Crippen molar-refractivity contribution in [3.63, 3.8) is 0 Å². The number of rotatable bonds is 5. The van der Waals surface area contributed by atoms with E-state index >= 15 is 0 Å². The molecule has 4 rings (SSSR count). The summed E-state index contributed by atoms with van der Waals surface area (Å²) in [6.45, 7) is 0.654. The Morgan fingerprint density at radius 3 is 2.68 bits per heavy atom. The maximum Gasteiger partial charge on any atom is 0.228 e. The van der Waals surface area contributed by atoms with Crippen LogP contribution in [0, 0.1) is 0 Å². The first-order valence-electron chi connectivity index (χ1n) is 7.98. The number of hydrogen-bond donors (Lipinski definition) is 1. The molecule has 0 saturated carbocycles. The smallest absolute Gasteiger partial charge is 0.228 e. The summed E-state index contributed by atoms with van der Waals surface area (Å²) in [5.74, 6) is 2.18. The zero-order valence-corrected chi connectivity index (χ0v) is 13.4. The molecule has 2 aromatic heterocycles. The second-order valence-electron chi connectivity index (χ2n) is 5.62. The highest BCUT2D eigenvalue weighted by Gasteiger charge is 2.11. The average Bonchev–Trinajstić information content (AvgIpc) is 3.30. The molecule has 2 heterocycles. The van der Waals surface area contributed by atoms with Gasteiger partial charge in [0.25, 0.3) is 0 Å². The molecule has 0 radical (unpaired) electrons. The van der Waals surface area contributed by atoms with Crippen molar-refractivity contribution in [1.82, 2.24) is 19.7 Å². The van der Waals surface area contributed by atoms with Crippen LogP contribution in [0.2, 0.25) is 0 Å². The largest absolute Gasteiger partial charge is 0.508 e. The molecule has 0 unspecified atom stereocenters. The average molecular weight is 332 g/mol. The highest BCUT2D eigenvalue weighted by atomic mass is 16.5. The predicted molar refractivity (Wildman–Crippen MR) is 92.8 cm³/mol. The van der Waals surface area contributed by atoms with Gasteiger partial charge in [0.05, 0.1) is 0 Å². The molecule has 0 fully saturated rings. The van der Waals surface area contributed by atoms with E-state index in [4.69, 9.17) is 4.52 Å². The number of phenols is 1. The number of phenolic OH excluding ortho intramolecular Hbond substituents is 1. The van der Waals surface area contributed by atoms with Crippen molar-refractivity contribution in [2.45, 2.75) is 13.0 Å². The lowest BCUT2D eigenvalue weighted by atomic mass is 10.2. The number of nitrogens with zero attached hydrogens (tertiary/aromatic N) is 4. The lowest BCUT2D eigenvalue weighted by Gasteiger charge is -2.06. The Morgan fingerprint density at radius 1 is 1.00 bits per heavy atom. The Balaban J connectivity index is 1.50. The monoisotopic (exact) mass is 332 g/mol. The Kier molecular flexibility index (Phi) is 4.00. The maximum atomic E-state index is 9.65. The fourth-order valence-electron chi connectivity index (χ4n) is 2.67. The lowest BCUT2D eigenvalue weighted by Crippen LogP contribution is -2.02. The van der Waals surface area contributed by atoms with E-state index < -0.39 is 0 Å². The number of aromatic hydroxyl groups is 1. The van der Waals surface area contributed by atoms with E-state index in [2.05, 4.69) is 15.1 Å². The summed E-state index contributed by atoms with van der Waals surface area (Å²) in [6.07, 6.45) is 4.23. The molecule has 0 amide bonds. The van der Waals surface area contributed by atoms with Gasteiger partial charge in [-0.15, -0.1) is 0 Å². The fraction of sp³-hybridized carbons (Fsp3) is 0.105. The van der Waals surface area contributed by atoms with E-state index in [1.54, 1.807) is 24.4 Å². The lowest BCUT2D eigenvalue weighted by molar-refractivity contribution is 0.372. The maximum absolute atomic E-state index is 9.65. The van der Waals surface area contributed by atoms with Crippen LogP contribution in [0.4, 0.5) is 0 Å². The van der Waals surface area contributed by atoms with Crippen LogP contribution < -0.4 is 0 Å². The standard InChI is InChI=1S/C19H16N4O2/c24-16-8-4-7-15(13-16)19-20-10-12-23(19)11-9-17-21-18(22-25-17)14-5-2-1-3-6-14/h1-8,10,12-13,24H,9,11H2. The molecule has 0 atom stereocenters. The van der Waals surface area contributed by atoms with Crippen molar-refractivity contribution in [2.75, 3.05) is 0 Å². The van der Waals surface area contributed by atoms with Gasteiger partial charge < -0.3 is 14.2 Å². The molecule has 0 aliphatic heterocycles. The fourth-order valence-corrected chi connectivity index (χ4v) is 2.67. The van der Waals surface area contributed by atoms with Gasteiger partial charge in [-0.1, -0.05) is 47.6 Å². The summed E-state index contributed by atoms with van der Waals surface area (Å²) >= 11 is 0. The first-order chi connectivity index (χ1) is 12.3. The topological polar surface area (TPSA) is 77.0 Å². The summed E-state index contributed by atoms with van der Waals surface area (Å²) < 4.78 is 7.35. The van der Waals surface area contributed by atoms with E-state index in [0.717, 1.165) is 17.0 Å². The summed E-state index contributed by atoms with van der Waals surface area (Å²) in [5.41, 5.74) is 1.79. The molecule has 124 valence electrons. The van der Waals surface area contributed by atoms with E-state index in [-0.39, 0.29) is 5.75 Å². The van der Waals surface area contributed by atoms with Crippen molar-refractivity contribution >= 4 is 0 Å². The Morgan fingerprint density at radius 2 is 1.84 bits per heavy atom. The molecule has 6 heteroatoms. The van der Waals surface area contributed by atoms with Gasteiger partial charge in [0.15, 0.2) is 0 Å². The zero-order chi connectivity index (χ0) is 17.1. The minimum Gasteiger partial charge on any atom is -0.508 e. The van der Waals surface area contributed by atoms with Crippen LogP contribution in [0.25, 0.3) is 22.8 Å². The highest BCUT2D eigenvalue weighted by molar-refractivity contribution is 5.58. The van der Waals surface area contributed by atoms with Crippen LogP contribution in [-0.2, 0) is 13.0 Å². The van der Waals surface area contributed by atoms with Crippen molar-refractivity contribution in [3.8, 4) is 28.5 Å². The third kappa shape index (κ3) is 3.28. The molecule has 0 bridgehead atoms. The van der Waals surface area contributed by atoms with Gasteiger partial charge >= 0.3 is 0 Å². The molecule has 4 aromatic rings.